The van der Waals surface area contributed by atoms with E-state index in [4.69, 9.17) is 4.74 Å². The number of carbonyl (C=O) groups is 1. The molecule has 1 aromatic heterocycles. The molecule has 0 radical (unpaired) electrons. The molecule has 0 saturated carbocycles. The molecule has 16 heavy (non-hydrogen) atoms. The minimum atomic E-state index is -0.133. The fourth-order valence-corrected chi connectivity index (χ4v) is 1.23. The van der Waals surface area contributed by atoms with E-state index in [1.54, 1.807) is 6.20 Å². The zero-order chi connectivity index (χ0) is 11.6. The largest absolute Gasteiger partial charge is 0.466 e. The number of aromatic nitrogens is 2. The molecule has 1 rings (SSSR count). The molecule has 88 valence electrons. The molecule has 1 N–H and O–H groups in total. The Kier molecular flexibility index (Phi) is 6.10. The molecule has 0 aromatic carbocycles. The van der Waals surface area contributed by atoms with Gasteiger partial charge in [-0.25, -0.2) is 9.97 Å². The van der Waals surface area contributed by atoms with Crippen LogP contribution in [0.25, 0.3) is 0 Å². The normalized spacial score (nSPS) is 10.1. The molecule has 0 fully saturated rings. The van der Waals surface area contributed by atoms with E-state index in [-0.39, 0.29) is 5.97 Å². The maximum absolute atomic E-state index is 11.0. The summed E-state index contributed by atoms with van der Waals surface area (Å²) >= 11 is 0. The third kappa shape index (κ3) is 5.41. The van der Waals surface area contributed by atoms with Gasteiger partial charge in [0.05, 0.1) is 12.3 Å². The Morgan fingerprint density at radius 2 is 2.44 bits per heavy atom. The van der Waals surface area contributed by atoms with Crippen molar-refractivity contribution in [2.75, 3.05) is 13.2 Å². The molecule has 0 aliphatic heterocycles. The van der Waals surface area contributed by atoms with Gasteiger partial charge in [-0.2, -0.15) is 0 Å². The molecule has 0 amide bonds. The van der Waals surface area contributed by atoms with Crippen LogP contribution in [0.3, 0.4) is 0 Å². The lowest BCUT2D eigenvalue weighted by Crippen LogP contribution is -2.17. The van der Waals surface area contributed by atoms with Crippen molar-refractivity contribution in [3.05, 3.63) is 24.3 Å². The van der Waals surface area contributed by atoms with Crippen molar-refractivity contribution in [2.24, 2.45) is 0 Å². The fourth-order valence-electron chi connectivity index (χ4n) is 1.23. The summed E-state index contributed by atoms with van der Waals surface area (Å²) in [6.45, 7) is 3.74. The van der Waals surface area contributed by atoms with E-state index in [2.05, 4.69) is 15.3 Å². The van der Waals surface area contributed by atoms with Crippen molar-refractivity contribution >= 4 is 5.97 Å². The molecule has 0 aliphatic carbocycles. The Morgan fingerprint density at radius 1 is 1.56 bits per heavy atom. The third-order valence-electron chi connectivity index (χ3n) is 1.99. The number of ether oxygens (including phenoxy) is 1. The monoisotopic (exact) mass is 223 g/mol. The lowest BCUT2D eigenvalue weighted by molar-refractivity contribution is -0.143. The maximum atomic E-state index is 11.0. The van der Waals surface area contributed by atoms with E-state index >= 15 is 0 Å². The summed E-state index contributed by atoms with van der Waals surface area (Å²) in [6.07, 6.45) is 4.48. The highest BCUT2D eigenvalue weighted by Crippen LogP contribution is 1.93. The Hall–Kier alpha value is -1.49. The first-order valence-corrected chi connectivity index (χ1v) is 5.44. The first-order chi connectivity index (χ1) is 7.83. The van der Waals surface area contributed by atoms with Crippen molar-refractivity contribution in [3.63, 3.8) is 0 Å². The predicted octanol–water partition coefficient (Wildman–Crippen LogP) is 0.909. The molecule has 1 heterocycles. The minimum Gasteiger partial charge on any atom is -0.466 e. The molecule has 0 aliphatic rings. The summed E-state index contributed by atoms with van der Waals surface area (Å²) in [7, 11) is 0. The standard InChI is InChI=1S/C11H17N3O2/c1-2-16-11(15)4-3-6-12-8-10-5-7-13-9-14-10/h5,7,9,12H,2-4,6,8H2,1H3. The van der Waals surface area contributed by atoms with Crippen LogP contribution < -0.4 is 5.32 Å². The molecule has 0 atom stereocenters. The highest BCUT2D eigenvalue weighted by atomic mass is 16.5. The smallest absolute Gasteiger partial charge is 0.305 e. The summed E-state index contributed by atoms with van der Waals surface area (Å²) in [5.74, 6) is -0.133. The predicted molar refractivity (Wildman–Crippen MR) is 59.6 cm³/mol. The number of esters is 1. The molecule has 0 bridgehead atoms. The van der Waals surface area contributed by atoms with E-state index in [1.165, 1.54) is 6.33 Å². The summed E-state index contributed by atoms with van der Waals surface area (Å²) < 4.78 is 4.82. The third-order valence-corrected chi connectivity index (χ3v) is 1.99. The highest BCUT2D eigenvalue weighted by Gasteiger charge is 2.00. The van der Waals surface area contributed by atoms with Crippen molar-refractivity contribution in [1.29, 1.82) is 0 Å². The minimum absolute atomic E-state index is 0.133. The van der Waals surface area contributed by atoms with Crippen LogP contribution in [-0.2, 0) is 16.1 Å². The Labute approximate surface area is 95.3 Å². The Balaban J connectivity index is 2.02. The maximum Gasteiger partial charge on any atom is 0.305 e. The van der Waals surface area contributed by atoms with Gasteiger partial charge in [-0.3, -0.25) is 4.79 Å². The number of nitrogens with zero attached hydrogens (tertiary/aromatic N) is 2. The summed E-state index contributed by atoms with van der Waals surface area (Å²) in [5, 5.41) is 3.20. The highest BCUT2D eigenvalue weighted by molar-refractivity contribution is 5.69. The van der Waals surface area contributed by atoms with Gasteiger partial charge in [-0.15, -0.1) is 0 Å². The average molecular weight is 223 g/mol. The van der Waals surface area contributed by atoms with Crippen molar-refractivity contribution in [2.45, 2.75) is 26.3 Å². The molecule has 0 spiro atoms. The second kappa shape index (κ2) is 7.76. The first-order valence-electron chi connectivity index (χ1n) is 5.44. The molecule has 0 saturated heterocycles. The van der Waals surface area contributed by atoms with E-state index < -0.39 is 0 Å². The number of hydrogen-bond acceptors (Lipinski definition) is 5. The second-order valence-corrected chi connectivity index (χ2v) is 3.29. The number of nitrogens with one attached hydrogen (secondary N) is 1. The number of hydrogen-bond donors (Lipinski definition) is 1. The van der Waals surface area contributed by atoms with Gasteiger partial charge in [0.25, 0.3) is 0 Å². The van der Waals surface area contributed by atoms with Crippen molar-refractivity contribution in [1.82, 2.24) is 15.3 Å². The molecule has 5 nitrogen and oxygen atoms in total. The van der Waals surface area contributed by atoms with E-state index in [0.29, 0.717) is 19.6 Å². The van der Waals surface area contributed by atoms with Gasteiger partial charge in [-0.05, 0) is 26.0 Å². The summed E-state index contributed by atoms with van der Waals surface area (Å²) in [5.41, 5.74) is 0.950. The zero-order valence-electron chi connectivity index (χ0n) is 9.48. The SMILES string of the molecule is CCOC(=O)CCCNCc1ccncn1. The van der Waals surface area contributed by atoms with Crippen LogP contribution >= 0.6 is 0 Å². The summed E-state index contributed by atoms with van der Waals surface area (Å²) in [4.78, 5) is 18.9. The van der Waals surface area contributed by atoms with Crippen LogP contribution in [0.5, 0.6) is 0 Å². The van der Waals surface area contributed by atoms with Crippen LogP contribution in [-0.4, -0.2) is 29.1 Å². The van der Waals surface area contributed by atoms with Crippen LogP contribution in [0.4, 0.5) is 0 Å². The van der Waals surface area contributed by atoms with Gasteiger partial charge in [0.1, 0.15) is 6.33 Å². The van der Waals surface area contributed by atoms with Crippen LogP contribution in [0.15, 0.2) is 18.6 Å². The quantitative estimate of drug-likeness (QED) is 0.550. The van der Waals surface area contributed by atoms with Crippen molar-refractivity contribution < 1.29 is 9.53 Å². The van der Waals surface area contributed by atoms with Crippen LogP contribution in [0.1, 0.15) is 25.5 Å². The molecule has 1 aromatic rings. The number of rotatable bonds is 7. The van der Waals surface area contributed by atoms with Crippen molar-refractivity contribution in [3.8, 4) is 0 Å². The van der Waals surface area contributed by atoms with Gasteiger partial charge in [-0.1, -0.05) is 0 Å². The molecule has 5 heteroatoms. The molecule has 0 unspecified atom stereocenters. The summed E-state index contributed by atoms with van der Waals surface area (Å²) in [6, 6.07) is 1.86. The molecular weight excluding hydrogens is 206 g/mol. The lowest BCUT2D eigenvalue weighted by Gasteiger charge is -2.04. The van der Waals surface area contributed by atoms with Gasteiger partial charge in [0, 0.05) is 19.2 Å². The number of carbonyl (C=O) groups excluding carboxylic acids is 1. The topological polar surface area (TPSA) is 64.1 Å². The van der Waals surface area contributed by atoms with Gasteiger partial charge < -0.3 is 10.1 Å². The average Bonchev–Trinajstić information content (AvgIpc) is 2.30. The second-order valence-electron chi connectivity index (χ2n) is 3.29. The van der Waals surface area contributed by atoms with E-state index in [9.17, 15) is 4.79 Å². The van der Waals surface area contributed by atoms with Gasteiger partial charge in [0.15, 0.2) is 0 Å². The fraction of sp³-hybridized carbons (Fsp3) is 0.545. The zero-order valence-corrected chi connectivity index (χ0v) is 9.48. The van der Waals surface area contributed by atoms with E-state index in [1.807, 2.05) is 13.0 Å². The first kappa shape index (κ1) is 12.6. The Morgan fingerprint density at radius 3 is 3.12 bits per heavy atom. The van der Waals surface area contributed by atoms with E-state index in [0.717, 1.165) is 18.7 Å². The lowest BCUT2D eigenvalue weighted by atomic mass is 10.3. The molecular formula is C11H17N3O2. The van der Waals surface area contributed by atoms with Gasteiger partial charge in [0.2, 0.25) is 0 Å². The van der Waals surface area contributed by atoms with Crippen LogP contribution in [0, 0.1) is 0 Å². The Bertz CT molecular complexity index is 303. The van der Waals surface area contributed by atoms with Crippen LogP contribution in [0.2, 0.25) is 0 Å². The van der Waals surface area contributed by atoms with Gasteiger partial charge >= 0.3 is 5.97 Å².